The number of furan rings is 1. The normalized spacial score (nSPS) is 27.0. The van der Waals surface area contributed by atoms with Crippen molar-refractivity contribution in [1.29, 1.82) is 0 Å². The van der Waals surface area contributed by atoms with Gasteiger partial charge < -0.3 is 14.9 Å². The first kappa shape index (κ1) is 10.2. The van der Waals surface area contributed by atoms with Crippen LogP contribution >= 0.6 is 15.9 Å². The van der Waals surface area contributed by atoms with Crippen LogP contribution in [0.4, 0.5) is 0 Å². The highest BCUT2D eigenvalue weighted by molar-refractivity contribution is 9.10. The lowest BCUT2D eigenvalue weighted by molar-refractivity contribution is 0.0261. The summed E-state index contributed by atoms with van der Waals surface area (Å²) < 4.78 is 11.7. The van der Waals surface area contributed by atoms with E-state index in [0.29, 0.717) is 6.61 Å². The number of hydrogen-bond donors (Lipinski definition) is 1. The van der Waals surface area contributed by atoms with Crippen molar-refractivity contribution < 1.29 is 9.15 Å². The van der Waals surface area contributed by atoms with E-state index in [1.165, 1.54) is 6.42 Å². The lowest BCUT2D eigenvalue weighted by Gasteiger charge is -2.15. The summed E-state index contributed by atoms with van der Waals surface area (Å²) in [5.74, 6) is 0.843. The maximum absolute atomic E-state index is 5.88. The SMILES string of the molecule is NC1CCCC1OCc1ccc(Br)o1. The van der Waals surface area contributed by atoms with Gasteiger partial charge in [-0.1, -0.05) is 0 Å². The van der Waals surface area contributed by atoms with Crippen LogP contribution in [0.2, 0.25) is 0 Å². The smallest absolute Gasteiger partial charge is 0.169 e. The van der Waals surface area contributed by atoms with Crippen LogP contribution in [0.1, 0.15) is 25.0 Å². The maximum atomic E-state index is 5.88. The molecule has 78 valence electrons. The summed E-state index contributed by atoms with van der Waals surface area (Å²) in [5.41, 5.74) is 5.88. The van der Waals surface area contributed by atoms with Gasteiger partial charge in [0.2, 0.25) is 0 Å². The Balaban J connectivity index is 1.82. The lowest BCUT2D eigenvalue weighted by atomic mass is 10.2. The monoisotopic (exact) mass is 259 g/mol. The molecule has 0 saturated heterocycles. The van der Waals surface area contributed by atoms with Crippen molar-refractivity contribution in [2.75, 3.05) is 0 Å². The first-order valence-corrected chi connectivity index (χ1v) is 5.66. The fourth-order valence-corrected chi connectivity index (χ4v) is 2.12. The Kier molecular flexibility index (Phi) is 3.26. The summed E-state index contributed by atoms with van der Waals surface area (Å²) in [7, 11) is 0. The number of halogens is 1. The Bertz CT molecular complexity index is 300. The molecule has 2 rings (SSSR count). The van der Waals surface area contributed by atoms with Gasteiger partial charge in [0.25, 0.3) is 0 Å². The molecule has 2 unspecified atom stereocenters. The Morgan fingerprint density at radius 1 is 1.50 bits per heavy atom. The molecule has 0 radical (unpaired) electrons. The summed E-state index contributed by atoms with van der Waals surface area (Å²) in [6, 6.07) is 3.98. The molecular weight excluding hydrogens is 246 g/mol. The Labute approximate surface area is 91.7 Å². The van der Waals surface area contributed by atoms with Crippen LogP contribution in [-0.2, 0) is 11.3 Å². The molecule has 1 aliphatic rings. The highest BCUT2D eigenvalue weighted by atomic mass is 79.9. The van der Waals surface area contributed by atoms with Gasteiger partial charge >= 0.3 is 0 Å². The number of nitrogens with two attached hydrogens (primary N) is 1. The molecule has 1 heterocycles. The van der Waals surface area contributed by atoms with Gasteiger partial charge in [-0.05, 0) is 47.3 Å². The van der Waals surface area contributed by atoms with Gasteiger partial charge in [-0.3, -0.25) is 0 Å². The van der Waals surface area contributed by atoms with Gasteiger partial charge in [0, 0.05) is 6.04 Å². The molecule has 0 bridgehead atoms. The van der Waals surface area contributed by atoms with E-state index in [9.17, 15) is 0 Å². The van der Waals surface area contributed by atoms with E-state index in [4.69, 9.17) is 14.9 Å². The number of hydrogen-bond acceptors (Lipinski definition) is 3. The van der Waals surface area contributed by atoms with E-state index in [1.807, 2.05) is 12.1 Å². The molecule has 1 aliphatic carbocycles. The van der Waals surface area contributed by atoms with E-state index < -0.39 is 0 Å². The Hall–Kier alpha value is -0.320. The molecule has 14 heavy (non-hydrogen) atoms. The molecule has 1 aromatic rings. The molecule has 2 atom stereocenters. The minimum Gasteiger partial charge on any atom is -0.452 e. The van der Waals surface area contributed by atoms with Gasteiger partial charge in [-0.2, -0.15) is 0 Å². The average Bonchev–Trinajstić information content (AvgIpc) is 2.72. The van der Waals surface area contributed by atoms with Crippen molar-refractivity contribution in [2.45, 2.75) is 38.0 Å². The van der Waals surface area contributed by atoms with Crippen molar-refractivity contribution >= 4 is 15.9 Å². The summed E-state index contributed by atoms with van der Waals surface area (Å²) in [6.07, 6.45) is 3.53. The first-order chi connectivity index (χ1) is 6.75. The average molecular weight is 260 g/mol. The molecule has 0 aliphatic heterocycles. The molecule has 3 nitrogen and oxygen atoms in total. The molecule has 1 fully saturated rings. The van der Waals surface area contributed by atoms with E-state index >= 15 is 0 Å². The number of rotatable bonds is 3. The van der Waals surface area contributed by atoms with Crippen molar-refractivity contribution in [1.82, 2.24) is 0 Å². The third kappa shape index (κ3) is 2.38. The van der Waals surface area contributed by atoms with E-state index in [0.717, 1.165) is 23.3 Å². The standard InChI is InChI=1S/C10H14BrNO2/c11-10-5-4-7(14-10)6-13-9-3-1-2-8(9)12/h4-5,8-9H,1-3,6,12H2. The van der Waals surface area contributed by atoms with Crippen LogP contribution in [-0.4, -0.2) is 12.1 Å². The zero-order valence-electron chi connectivity index (χ0n) is 7.91. The van der Waals surface area contributed by atoms with Crippen LogP contribution in [0.15, 0.2) is 21.2 Å². The predicted molar refractivity (Wildman–Crippen MR) is 56.8 cm³/mol. The minimum atomic E-state index is 0.202. The van der Waals surface area contributed by atoms with Crippen LogP contribution in [0.3, 0.4) is 0 Å². The summed E-state index contributed by atoms with van der Waals surface area (Å²) in [5, 5.41) is 0. The van der Waals surface area contributed by atoms with Gasteiger partial charge in [0.15, 0.2) is 4.67 Å². The first-order valence-electron chi connectivity index (χ1n) is 4.87. The largest absolute Gasteiger partial charge is 0.452 e. The molecule has 1 aromatic heterocycles. The molecule has 0 aromatic carbocycles. The van der Waals surface area contributed by atoms with Crippen LogP contribution in [0.5, 0.6) is 0 Å². The van der Waals surface area contributed by atoms with Gasteiger partial charge in [0.1, 0.15) is 12.4 Å². The second-order valence-electron chi connectivity index (χ2n) is 3.65. The highest BCUT2D eigenvalue weighted by Crippen LogP contribution is 2.22. The van der Waals surface area contributed by atoms with Crippen molar-refractivity contribution in [3.8, 4) is 0 Å². The Morgan fingerprint density at radius 2 is 2.36 bits per heavy atom. The third-order valence-corrected chi connectivity index (χ3v) is 3.00. The Morgan fingerprint density at radius 3 is 2.93 bits per heavy atom. The van der Waals surface area contributed by atoms with E-state index in [2.05, 4.69) is 15.9 Å². The van der Waals surface area contributed by atoms with Gasteiger partial charge in [-0.15, -0.1) is 0 Å². The van der Waals surface area contributed by atoms with Crippen LogP contribution in [0.25, 0.3) is 0 Å². The number of ether oxygens (including phenoxy) is 1. The van der Waals surface area contributed by atoms with Crippen molar-refractivity contribution in [3.63, 3.8) is 0 Å². The minimum absolute atomic E-state index is 0.202. The van der Waals surface area contributed by atoms with E-state index in [1.54, 1.807) is 0 Å². The molecular formula is C10H14BrNO2. The summed E-state index contributed by atoms with van der Waals surface area (Å²) >= 11 is 3.25. The fraction of sp³-hybridized carbons (Fsp3) is 0.600. The lowest BCUT2D eigenvalue weighted by Crippen LogP contribution is -2.31. The molecule has 2 N–H and O–H groups in total. The van der Waals surface area contributed by atoms with Crippen molar-refractivity contribution in [3.05, 3.63) is 22.6 Å². The van der Waals surface area contributed by atoms with E-state index in [-0.39, 0.29) is 12.1 Å². The zero-order valence-corrected chi connectivity index (χ0v) is 9.50. The zero-order chi connectivity index (χ0) is 9.97. The maximum Gasteiger partial charge on any atom is 0.169 e. The molecule has 0 amide bonds. The van der Waals surface area contributed by atoms with Gasteiger partial charge in [-0.25, -0.2) is 0 Å². The van der Waals surface area contributed by atoms with Gasteiger partial charge in [0.05, 0.1) is 6.10 Å². The van der Waals surface area contributed by atoms with Crippen LogP contribution < -0.4 is 5.73 Å². The summed E-state index contributed by atoms with van der Waals surface area (Å²) in [6.45, 7) is 0.518. The molecule has 4 heteroatoms. The quantitative estimate of drug-likeness (QED) is 0.908. The highest BCUT2D eigenvalue weighted by Gasteiger charge is 2.24. The predicted octanol–water partition coefficient (Wildman–Crippen LogP) is 2.44. The fourth-order valence-electron chi connectivity index (χ4n) is 1.78. The van der Waals surface area contributed by atoms with Crippen molar-refractivity contribution in [2.24, 2.45) is 5.73 Å². The van der Waals surface area contributed by atoms with Crippen LogP contribution in [0, 0.1) is 0 Å². The molecule has 1 saturated carbocycles. The second-order valence-corrected chi connectivity index (χ2v) is 4.43. The third-order valence-electron chi connectivity index (χ3n) is 2.57. The second kappa shape index (κ2) is 4.47. The summed E-state index contributed by atoms with van der Waals surface area (Å²) in [4.78, 5) is 0. The topological polar surface area (TPSA) is 48.4 Å². The molecule has 0 spiro atoms.